The summed E-state index contributed by atoms with van der Waals surface area (Å²) in [4.78, 5) is 16.4. The normalized spacial score (nSPS) is 17.7. The molecule has 1 aromatic carbocycles. The van der Waals surface area contributed by atoms with Crippen LogP contribution in [0.3, 0.4) is 0 Å². The topological polar surface area (TPSA) is 105 Å². The molecule has 1 unspecified atom stereocenters. The van der Waals surface area contributed by atoms with Crippen LogP contribution in [0.4, 0.5) is 0 Å². The molecule has 9 heteroatoms. The number of aryl methyl sites for hydroxylation is 1. The maximum absolute atomic E-state index is 12.4. The molecule has 1 N–H and O–H groups in total. The van der Waals surface area contributed by atoms with E-state index in [1.54, 1.807) is 0 Å². The first-order chi connectivity index (χ1) is 13.5. The van der Waals surface area contributed by atoms with Crippen molar-refractivity contribution in [1.29, 1.82) is 0 Å². The van der Waals surface area contributed by atoms with Gasteiger partial charge in [0.2, 0.25) is 21.8 Å². The second-order valence-corrected chi connectivity index (χ2v) is 8.93. The van der Waals surface area contributed by atoms with Crippen molar-refractivity contribution >= 4 is 15.9 Å². The van der Waals surface area contributed by atoms with Crippen LogP contribution in [0.1, 0.15) is 55.9 Å². The zero-order chi connectivity index (χ0) is 20.0. The molecule has 0 saturated carbocycles. The fourth-order valence-electron chi connectivity index (χ4n) is 3.32. The smallest absolute Gasteiger partial charge is 0.227 e. The van der Waals surface area contributed by atoms with Gasteiger partial charge in [0.05, 0.1) is 11.8 Å². The van der Waals surface area contributed by atoms with Crippen LogP contribution in [0, 0.1) is 0 Å². The van der Waals surface area contributed by atoms with Crippen molar-refractivity contribution in [3.63, 3.8) is 0 Å². The number of rotatable bonds is 9. The van der Waals surface area contributed by atoms with E-state index in [1.807, 2.05) is 37.3 Å². The van der Waals surface area contributed by atoms with E-state index < -0.39 is 10.0 Å². The second kappa shape index (κ2) is 9.29. The number of aromatic nitrogens is 2. The lowest BCUT2D eigenvalue weighted by Gasteiger charge is -2.21. The van der Waals surface area contributed by atoms with Gasteiger partial charge in [-0.2, -0.15) is 9.29 Å². The number of carbonyl (C=O) groups is 1. The number of carbonyl (C=O) groups excluding carboxylic acids is 1. The minimum Gasteiger partial charge on any atom is -0.352 e. The Hall–Kier alpha value is -2.26. The highest BCUT2D eigenvalue weighted by Crippen LogP contribution is 2.33. The van der Waals surface area contributed by atoms with E-state index in [-0.39, 0.29) is 24.1 Å². The third-order valence-corrected chi connectivity index (χ3v) is 6.78. The summed E-state index contributed by atoms with van der Waals surface area (Å²) < 4.78 is 31.6. The molecule has 0 aliphatic carbocycles. The summed E-state index contributed by atoms with van der Waals surface area (Å²) in [7, 11) is -3.31. The van der Waals surface area contributed by atoms with Crippen LogP contribution in [0.2, 0.25) is 0 Å². The molecule has 28 heavy (non-hydrogen) atoms. The third kappa shape index (κ3) is 5.17. The Morgan fingerprint density at radius 3 is 2.86 bits per heavy atom. The van der Waals surface area contributed by atoms with E-state index in [0.29, 0.717) is 44.1 Å². The van der Waals surface area contributed by atoms with Crippen LogP contribution in [0.25, 0.3) is 0 Å². The second-order valence-electron chi connectivity index (χ2n) is 6.89. The predicted molar refractivity (Wildman–Crippen MR) is 104 cm³/mol. The summed E-state index contributed by atoms with van der Waals surface area (Å²) >= 11 is 0. The molecule has 152 valence electrons. The molecule has 8 nitrogen and oxygen atoms in total. The summed E-state index contributed by atoms with van der Waals surface area (Å²) in [6.07, 6.45) is 2.58. The van der Waals surface area contributed by atoms with Gasteiger partial charge in [-0.05, 0) is 24.8 Å². The van der Waals surface area contributed by atoms with Crippen molar-refractivity contribution in [2.24, 2.45) is 0 Å². The number of hydrogen-bond donors (Lipinski definition) is 1. The van der Waals surface area contributed by atoms with Crippen LogP contribution < -0.4 is 5.32 Å². The first kappa shape index (κ1) is 20.5. The van der Waals surface area contributed by atoms with Gasteiger partial charge < -0.3 is 9.84 Å². The molecule has 1 aliphatic heterocycles. The van der Waals surface area contributed by atoms with Gasteiger partial charge in [-0.15, -0.1) is 0 Å². The average Bonchev–Trinajstić information content (AvgIpc) is 3.35. The number of nitrogens with one attached hydrogen (secondary N) is 1. The van der Waals surface area contributed by atoms with Crippen molar-refractivity contribution in [1.82, 2.24) is 19.8 Å². The minimum atomic E-state index is -3.31. The van der Waals surface area contributed by atoms with Crippen molar-refractivity contribution in [3.05, 3.63) is 47.6 Å². The van der Waals surface area contributed by atoms with Crippen LogP contribution in [0.15, 0.2) is 34.9 Å². The fraction of sp³-hybridized carbons (Fsp3) is 0.526. The standard InChI is InChI=1S/C19H26N4O4S/c1-2-13-28(25,26)23-12-6-9-16(23)19-21-18(27-22-19)11-10-17(24)20-14-15-7-4-3-5-8-15/h3-5,7-8,16H,2,6,9-14H2,1H3,(H,20,24). The van der Waals surface area contributed by atoms with Gasteiger partial charge >= 0.3 is 0 Å². The quantitative estimate of drug-likeness (QED) is 0.684. The molecule has 1 saturated heterocycles. The molecular weight excluding hydrogens is 380 g/mol. The Kier molecular flexibility index (Phi) is 6.79. The molecule has 3 rings (SSSR count). The molecule has 0 radical (unpaired) electrons. The van der Waals surface area contributed by atoms with Crippen molar-refractivity contribution in [2.45, 2.75) is 51.6 Å². The molecule has 1 aliphatic rings. The van der Waals surface area contributed by atoms with Gasteiger partial charge in [0, 0.05) is 25.9 Å². The molecule has 0 bridgehead atoms. The van der Waals surface area contributed by atoms with E-state index in [0.717, 1.165) is 12.0 Å². The fourth-order valence-corrected chi connectivity index (χ4v) is 5.06. The van der Waals surface area contributed by atoms with Crippen LogP contribution in [-0.2, 0) is 27.8 Å². The Bertz CT molecular complexity index is 882. The SMILES string of the molecule is CCCS(=O)(=O)N1CCCC1c1noc(CCC(=O)NCc2ccccc2)n1. The minimum absolute atomic E-state index is 0.100. The van der Waals surface area contributed by atoms with Gasteiger partial charge in [0.15, 0.2) is 5.82 Å². The largest absolute Gasteiger partial charge is 0.352 e. The summed E-state index contributed by atoms with van der Waals surface area (Å²) in [5.41, 5.74) is 1.03. The Balaban J connectivity index is 1.53. The lowest BCUT2D eigenvalue weighted by atomic mass is 10.2. The van der Waals surface area contributed by atoms with E-state index >= 15 is 0 Å². The van der Waals surface area contributed by atoms with Gasteiger partial charge in [-0.1, -0.05) is 42.4 Å². The maximum Gasteiger partial charge on any atom is 0.227 e. The number of amides is 1. The molecule has 0 spiro atoms. The number of sulfonamides is 1. The van der Waals surface area contributed by atoms with Gasteiger partial charge in [0.25, 0.3) is 0 Å². The number of benzene rings is 1. The van der Waals surface area contributed by atoms with Gasteiger partial charge in [-0.25, -0.2) is 8.42 Å². The highest BCUT2D eigenvalue weighted by atomic mass is 32.2. The van der Waals surface area contributed by atoms with E-state index in [2.05, 4.69) is 15.5 Å². The molecule has 2 heterocycles. The maximum atomic E-state index is 12.4. The third-order valence-electron chi connectivity index (χ3n) is 4.70. The van der Waals surface area contributed by atoms with Gasteiger partial charge in [0.1, 0.15) is 0 Å². The molecule has 1 fully saturated rings. The molecular formula is C19H26N4O4S. The van der Waals surface area contributed by atoms with Crippen molar-refractivity contribution in [2.75, 3.05) is 12.3 Å². The first-order valence-corrected chi connectivity index (χ1v) is 11.2. The lowest BCUT2D eigenvalue weighted by Crippen LogP contribution is -2.33. The zero-order valence-electron chi connectivity index (χ0n) is 16.0. The molecule has 1 aromatic heterocycles. The van der Waals surface area contributed by atoms with Crippen molar-refractivity contribution < 1.29 is 17.7 Å². The van der Waals surface area contributed by atoms with Crippen molar-refractivity contribution in [3.8, 4) is 0 Å². The van der Waals surface area contributed by atoms with Crippen LogP contribution >= 0.6 is 0 Å². The number of nitrogens with zero attached hydrogens (tertiary/aromatic N) is 3. The first-order valence-electron chi connectivity index (χ1n) is 9.62. The van der Waals surface area contributed by atoms with Gasteiger partial charge in [-0.3, -0.25) is 4.79 Å². The van der Waals surface area contributed by atoms with E-state index in [4.69, 9.17) is 4.52 Å². The molecule has 1 atom stereocenters. The Morgan fingerprint density at radius 1 is 1.32 bits per heavy atom. The monoisotopic (exact) mass is 406 g/mol. The number of hydrogen-bond acceptors (Lipinski definition) is 6. The highest BCUT2D eigenvalue weighted by molar-refractivity contribution is 7.89. The molecule has 1 amide bonds. The predicted octanol–water partition coefficient (Wildman–Crippen LogP) is 2.20. The summed E-state index contributed by atoms with van der Waals surface area (Å²) in [6, 6.07) is 9.30. The average molecular weight is 407 g/mol. The Labute approximate surface area is 165 Å². The summed E-state index contributed by atoms with van der Waals surface area (Å²) in [6.45, 7) is 2.80. The lowest BCUT2D eigenvalue weighted by molar-refractivity contribution is -0.121. The Morgan fingerprint density at radius 2 is 2.11 bits per heavy atom. The zero-order valence-corrected chi connectivity index (χ0v) is 16.8. The van der Waals surface area contributed by atoms with E-state index in [9.17, 15) is 13.2 Å². The van der Waals surface area contributed by atoms with Crippen LogP contribution in [0.5, 0.6) is 0 Å². The summed E-state index contributed by atoms with van der Waals surface area (Å²) in [5.74, 6) is 0.758. The van der Waals surface area contributed by atoms with Crippen LogP contribution in [-0.4, -0.2) is 41.1 Å². The highest BCUT2D eigenvalue weighted by Gasteiger charge is 2.37. The van der Waals surface area contributed by atoms with E-state index in [1.165, 1.54) is 4.31 Å². The molecule has 2 aromatic rings. The summed E-state index contributed by atoms with van der Waals surface area (Å²) in [5, 5.41) is 6.83.